The van der Waals surface area contributed by atoms with Crippen LogP contribution in [-0.4, -0.2) is 5.91 Å². The number of hydrogen-bond donors (Lipinski definition) is 2. The van der Waals surface area contributed by atoms with Gasteiger partial charge >= 0.3 is 0 Å². The summed E-state index contributed by atoms with van der Waals surface area (Å²) in [4.78, 5) is 11.9. The summed E-state index contributed by atoms with van der Waals surface area (Å²) in [5, 5.41) is 2.57. The Morgan fingerprint density at radius 2 is 2.10 bits per heavy atom. The van der Waals surface area contributed by atoms with E-state index in [9.17, 15) is 13.6 Å². The third-order valence-corrected chi connectivity index (χ3v) is 2.86. The summed E-state index contributed by atoms with van der Waals surface area (Å²) >= 11 is 0. The second kappa shape index (κ2) is 5.83. The van der Waals surface area contributed by atoms with Crippen molar-refractivity contribution in [3.63, 3.8) is 0 Å². The van der Waals surface area contributed by atoms with Gasteiger partial charge in [0.1, 0.15) is 17.4 Å². The average molecular weight is 280 g/mol. The first-order chi connectivity index (χ1) is 9.51. The summed E-state index contributed by atoms with van der Waals surface area (Å²) in [6.45, 7) is 1.79. The average Bonchev–Trinajstić information content (AvgIpc) is 2.87. The number of nitrogens with two attached hydrogens (primary N) is 1. The summed E-state index contributed by atoms with van der Waals surface area (Å²) in [5.74, 6) is -1.28. The van der Waals surface area contributed by atoms with E-state index >= 15 is 0 Å². The first kappa shape index (κ1) is 14.2. The molecule has 0 aliphatic rings. The van der Waals surface area contributed by atoms with Gasteiger partial charge in [-0.3, -0.25) is 4.79 Å². The molecule has 0 bridgehead atoms. The van der Waals surface area contributed by atoms with E-state index in [1.807, 2.05) is 0 Å². The lowest BCUT2D eigenvalue weighted by molar-refractivity contribution is 0.0909. The molecule has 0 radical (unpaired) electrons. The highest BCUT2D eigenvalue weighted by Gasteiger charge is 2.17. The standard InChI is InChI=1S/C14H14F2N2O2/c1-8(11-4-2-9(15)6-12(11)16)18-14(19)13-5-3-10(7-17)20-13/h2-6,8H,7,17H2,1H3,(H,18,19). The van der Waals surface area contributed by atoms with Gasteiger partial charge in [0, 0.05) is 11.6 Å². The molecule has 4 nitrogen and oxygen atoms in total. The van der Waals surface area contributed by atoms with E-state index in [-0.39, 0.29) is 17.9 Å². The van der Waals surface area contributed by atoms with Crippen LogP contribution < -0.4 is 11.1 Å². The molecular weight excluding hydrogens is 266 g/mol. The van der Waals surface area contributed by atoms with Crippen molar-refractivity contribution in [2.75, 3.05) is 0 Å². The molecule has 0 saturated heterocycles. The fourth-order valence-electron chi connectivity index (χ4n) is 1.81. The number of carbonyl (C=O) groups is 1. The van der Waals surface area contributed by atoms with Crippen molar-refractivity contribution in [2.45, 2.75) is 19.5 Å². The minimum atomic E-state index is -0.708. The molecule has 3 N–H and O–H groups in total. The molecule has 6 heteroatoms. The number of furan rings is 1. The highest BCUT2D eigenvalue weighted by atomic mass is 19.1. The zero-order valence-electron chi connectivity index (χ0n) is 10.8. The van der Waals surface area contributed by atoms with E-state index in [0.29, 0.717) is 5.76 Å². The smallest absolute Gasteiger partial charge is 0.287 e. The zero-order valence-corrected chi connectivity index (χ0v) is 10.8. The molecular formula is C14H14F2N2O2. The number of amides is 1. The van der Waals surface area contributed by atoms with Gasteiger partial charge < -0.3 is 15.5 Å². The Bertz CT molecular complexity index is 625. The number of benzene rings is 1. The number of halogens is 2. The second-order valence-corrected chi connectivity index (χ2v) is 4.33. The minimum Gasteiger partial charge on any atom is -0.455 e. The third-order valence-electron chi connectivity index (χ3n) is 2.86. The Balaban J connectivity index is 2.10. The van der Waals surface area contributed by atoms with Gasteiger partial charge in [0.15, 0.2) is 5.76 Å². The molecule has 2 aromatic rings. The lowest BCUT2D eigenvalue weighted by Gasteiger charge is -2.14. The molecule has 0 fully saturated rings. The van der Waals surface area contributed by atoms with Crippen LogP contribution in [0.15, 0.2) is 34.7 Å². The largest absolute Gasteiger partial charge is 0.455 e. The summed E-state index contributed by atoms with van der Waals surface area (Å²) in [5.41, 5.74) is 5.58. The minimum absolute atomic E-state index is 0.0971. The monoisotopic (exact) mass is 280 g/mol. The Morgan fingerprint density at radius 3 is 2.70 bits per heavy atom. The molecule has 0 aliphatic heterocycles. The maximum absolute atomic E-state index is 13.6. The lowest BCUT2D eigenvalue weighted by atomic mass is 10.1. The van der Waals surface area contributed by atoms with E-state index < -0.39 is 23.6 Å². The van der Waals surface area contributed by atoms with Crippen molar-refractivity contribution in [2.24, 2.45) is 5.73 Å². The van der Waals surface area contributed by atoms with E-state index in [1.54, 1.807) is 13.0 Å². The van der Waals surface area contributed by atoms with Gasteiger partial charge in [0.2, 0.25) is 0 Å². The molecule has 1 atom stereocenters. The first-order valence-corrected chi connectivity index (χ1v) is 6.06. The van der Waals surface area contributed by atoms with Crippen LogP contribution in [0.4, 0.5) is 8.78 Å². The predicted octanol–water partition coefficient (Wildman–Crippen LogP) is 2.51. The van der Waals surface area contributed by atoms with Gasteiger partial charge in [-0.05, 0) is 25.1 Å². The van der Waals surface area contributed by atoms with Crippen LogP contribution in [-0.2, 0) is 6.54 Å². The second-order valence-electron chi connectivity index (χ2n) is 4.33. The first-order valence-electron chi connectivity index (χ1n) is 6.06. The van der Waals surface area contributed by atoms with E-state index in [4.69, 9.17) is 10.2 Å². The molecule has 0 saturated carbocycles. The number of rotatable bonds is 4. The van der Waals surface area contributed by atoms with E-state index in [2.05, 4.69) is 5.32 Å². The highest BCUT2D eigenvalue weighted by Crippen LogP contribution is 2.18. The predicted molar refractivity (Wildman–Crippen MR) is 68.8 cm³/mol. The van der Waals surface area contributed by atoms with Gasteiger partial charge in [-0.2, -0.15) is 0 Å². The van der Waals surface area contributed by atoms with Crippen molar-refractivity contribution in [1.29, 1.82) is 0 Å². The molecule has 1 aromatic heterocycles. The molecule has 1 amide bonds. The maximum atomic E-state index is 13.6. The fraction of sp³-hybridized carbons (Fsp3) is 0.214. The van der Waals surface area contributed by atoms with Crippen molar-refractivity contribution < 1.29 is 18.0 Å². The summed E-state index contributed by atoms with van der Waals surface area (Å²) in [6, 6.07) is 5.68. The van der Waals surface area contributed by atoms with Gasteiger partial charge in [-0.25, -0.2) is 8.78 Å². The molecule has 0 aliphatic carbocycles. The normalized spacial score (nSPS) is 12.2. The van der Waals surface area contributed by atoms with Crippen LogP contribution >= 0.6 is 0 Å². The topological polar surface area (TPSA) is 68.3 Å². The zero-order chi connectivity index (χ0) is 14.7. The Hall–Kier alpha value is -2.21. The van der Waals surface area contributed by atoms with Gasteiger partial charge in [-0.15, -0.1) is 0 Å². The van der Waals surface area contributed by atoms with Crippen LogP contribution in [0.25, 0.3) is 0 Å². The van der Waals surface area contributed by atoms with Crippen LogP contribution in [0.3, 0.4) is 0 Å². The van der Waals surface area contributed by atoms with Crippen molar-refractivity contribution >= 4 is 5.91 Å². The van der Waals surface area contributed by atoms with Crippen molar-refractivity contribution in [3.05, 3.63) is 59.1 Å². The molecule has 1 heterocycles. The van der Waals surface area contributed by atoms with Crippen LogP contribution in [0.1, 0.15) is 34.8 Å². The fourth-order valence-corrected chi connectivity index (χ4v) is 1.81. The Morgan fingerprint density at radius 1 is 1.35 bits per heavy atom. The molecule has 0 spiro atoms. The number of nitrogens with one attached hydrogen (secondary N) is 1. The molecule has 1 aromatic carbocycles. The molecule has 106 valence electrons. The Kier molecular flexibility index (Phi) is 4.14. The van der Waals surface area contributed by atoms with E-state index in [0.717, 1.165) is 12.1 Å². The summed E-state index contributed by atoms with van der Waals surface area (Å²) in [6.07, 6.45) is 0. The van der Waals surface area contributed by atoms with Crippen LogP contribution in [0.5, 0.6) is 0 Å². The maximum Gasteiger partial charge on any atom is 0.287 e. The highest BCUT2D eigenvalue weighted by molar-refractivity contribution is 5.91. The molecule has 1 unspecified atom stereocenters. The van der Waals surface area contributed by atoms with E-state index in [1.165, 1.54) is 12.1 Å². The molecule has 2 rings (SSSR count). The SMILES string of the molecule is CC(NC(=O)c1ccc(CN)o1)c1ccc(F)cc1F. The number of hydrogen-bond acceptors (Lipinski definition) is 3. The van der Waals surface area contributed by atoms with Crippen molar-refractivity contribution in [1.82, 2.24) is 5.32 Å². The van der Waals surface area contributed by atoms with Crippen molar-refractivity contribution in [3.8, 4) is 0 Å². The summed E-state index contributed by atoms with van der Waals surface area (Å²) in [7, 11) is 0. The third kappa shape index (κ3) is 3.03. The molecule has 20 heavy (non-hydrogen) atoms. The summed E-state index contributed by atoms with van der Waals surface area (Å²) < 4.78 is 31.6. The lowest BCUT2D eigenvalue weighted by Crippen LogP contribution is -2.26. The van der Waals surface area contributed by atoms with Crippen LogP contribution in [0, 0.1) is 11.6 Å². The van der Waals surface area contributed by atoms with Crippen LogP contribution in [0.2, 0.25) is 0 Å². The van der Waals surface area contributed by atoms with Gasteiger partial charge in [0.05, 0.1) is 12.6 Å². The number of carbonyl (C=O) groups excluding carboxylic acids is 1. The quantitative estimate of drug-likeness (QED) is 0.904. The van der Waals surface area contributed by atoms with Gasteiger partial charge in [0.25, 0.3) is 5.91 Å². The Labute approximate surface area is 114 Å². The van der Waals surface area contributed by atoms with Gasteiger partial charge in [-0.1, -0.05) is 6.07 Å².